The van der Waals surface area contributed by atoms with Crippen LogP contribution in [0.2, 0.25) is 0 Å². The Kier molecular flexibility index (Phi) is 5.46. The molecular formula is C9H20N2O2. The van der Waals surface area contributed by atoms with Crippen molar-refractivity contribution in [1.82, 2.24) is 5.32 Å². The van der Waals surface area contributed by atoms with Gasteiger partial charge in [0.05, 0.1) is 0 Å². The second-order valence-electron chi connectivity index (χ2n) is 3.89. The standard InChI is InChI=1S/C9H20N2O2/c1-6(2)5-11-9(12)13-8(10)7(3)4/h6-8H,5,10H2,1-4H3,(H,11,12). The molecule has 0 aromatic heterocycles. The summed E-state index contributed by atoms with van der Waals surface area (Å²) in [5.74, 6) is 0.563. The van der Waals surface area contributed by atoms with E-state index in [0.29, 0.717) is 12.5 Å². The van der Waals surface area contributed by atoms with Gasteiger partial charge in [-0.15, -0.1) is 0 Å². The van der Waals surface area contributed by atoms with Crippen molar-refractivity contribution in [2.45, 2.75) is 33.9 Å². The van der Waals surface area contributed by atoms with Crippen molar-refractivity contribution in [2.24, 2.45) is 17.6 Å². The van der Waals surface area contributed by atoms with E-state index in [1.807, 2.05) is 27.7 Å². The minimum absolute atomic E-state index is 0.143. The van der Waals surface area contributed by atoms with Crippen molar-refractivity contribution < 1.29 is 9.53 Å². The Labute approximate surface area is 79.8 Å². The van der Waals surface area contributed by atoms with Gasteiger partial charge < -0.3 is 10.1 Å². The van der Waals surface area contributed by atoms with Crippen LogP contribution >= 0.6 is 0 Å². The molecule has 4 heteroatoms. The largest absolute Gasteiger partial charge is 0.430 e. The Morgan fingerprint density at radius 1 is 1.38 bits per heavy atom. The van der Waals surface area contributed by atoms with Crippen LogP contribution in [0, 0.1) is 11.8 Å². The van der Waals surface area contributed by atoms with E-state index in [0.717, 1.165) is 0 Å². The zero-order valence-electron chi connectivity index (χ0n) is 8.83. The van der Waals surface area contributed by atoms with E-state index >= 15 is 0 Å². The fraction of sp³-hybridized carbons (Fsp3) is 0.889. The van der Waals surface area contributed by atoms with Crippen molar-refractivity contribution in [1.29, 1.82) is 0 Å². The maximum Gasteiger partial charge on any atom is 0.408 e. The van der Waals surface area contributed by atoms with Crippen molar-refractivity contribution in [3.8, 4) is 0 Å². The van der Waals surface area contributed by atoms with Crippen LogP contribution in [-0.2, 0) is 4.74 Å². The highest BCUT2D eigenvalue weighted by molar-refractivity contribution is 5.67. The van der Waals surface area contributed by atoms with Crippen LogP contribution in [0.3, 0.4) is 0 Å². The molecule has 0 bridgehead atoms. The zero-order valence-corrected chi connectivity index (χ0v) is 8.83. The molecule has 0 aliphatic carbocycles. The number of carbonyl (C=O) groups is 1. The van der Waals surface area contributed by atoms with Crippen LogP contribution in [0.15, 0.2) is 0 Å². The van der Waals surface area contributed by atoms with E-state index in [-0.39, 0.29) is 5.92 Å². The lowest BCUT2D eigenvalue weighted by molar-refractivity contribution is 0.0745. The first-order chi connectivity index (χ1) is 5.93. The Morgan fingerprint density at radius 3 is 2.31 bits per heavy atom. The number of alkyl carbamates (subject to hydrolysis) is 1. The van der Waals surface area contributed by atoms with Gasteiger partial charge in [-0.25, -0.2) is 4.79 Å². The normalized spacial score (nSPS) is 13.2. The zero-order chi connectivity index (χ0) is 10.4. The van der Waals surface area contributed by atoms with E-state index in [2.05, 4.69) is 5.32 Å². The molecule has 0 fully saturated rings. The van der Waals surface area contributed by atoms with Gasteiger partial charge in [-0.05, 0) is 5.92 Å². The molecule has 0 saturated heterocycles. The van der Waals surface area contributed by atoms with Gasteiger partial charge in [-0.3, -0.25) is 5.73 Å². The summed E-state index contributed by atoms with van der Waals surface area (Å²) >= 11 is 0. The van der Waals surface area contributed by atoms with Crippen LogP contribution in [0.5, 0.6) is 0 Å². The molecule has 0 spiro atoms. The lowest BCUT2D eigenvalue weighted by atomic mass is 10.2. The van der Waals surface area contributed by atoms with Crippen LogP contribution in [0.25, 0.3) is 0 Å². The monoisotopic (exact) mass is 188 g/mol. The van der Waals surface area contributed by atoms with Crippen LogP contribution < -0.4 is 11.1 Å². The Bertz CT molecular complexity index is 158. The molecule has 3 N–H and O–H groups in total. The van der Waals surface area contributed by atoms with Gasteiger partial charge >= 0.3 is 6.09 Å². The molecule has 0 aromatic rings. The van der Waals surface area contributed by atoms with E-state index < -0.39 is 12.3 Å². The Morgan fingerprint density at radius 2 is 1.92 bits per heavy atom. The molecule has 13 heavy (non-hydrogen) atoms. The van der Waals surface area contributed by atoms with Gasteiger partial charge in [0.1, 0.15) is 0 Å². The van der Waals surface area contributed by atoms with Gasteiger partial charge in [-0.1, -0.05) is 27.7 Å². The molecule has 0 aliphatic heterocycles. The highest BCUT2D eigenvalue weighted by Crippen LogP contribution is 1.99. The van der Waals surface area contributed by atoms with Crippen molar-refractivity contribution >= 4 is 6.09 Å². The fourth-order valence-corrected chi connectivity index (χ4v) is 0.589. The molecule has 0 radical (unpaired) electrons. The molecule has 0 rings (SSSR count). The third-order valence-electron chi connectivity index (χ3n) is 1.55. The smallest absolute Gasteiger partial charge is 0.408 e. The number of rotatable bonds is 4. The van der Waals surface area contributed by atoms with Gasteiger partial charge in [0, 0.05) is 12.5 Å². The number of carbonyl (C=O) groups excluding carboxylic acids is 1. The molecule has 1 amide bonds. The summed E-state index contributed by atoms with van der Waals surface area (Å²) in [5, 5.41) is 2.63. The summed E-state index contributed by atoms with van der Waals surface area (Å²) in [6, 6.07) is 0. The predicted molar refractivity (Wildman–Crippen MR) is 52.1 cm³/mol. The minimum Gasteiger partial charge on any atom is -0.430 e. The number of hydrogen-bond donors (Lipinski definition) is 2. The first-order valence-electron chi connectivity index (χ1n) is 4.63. The predicted octanol–water partition coefficient (Wildman–Crippen LogP) is 1.31. The highest BCUT2D eigenvalue weighted by atomic mass is 16.6. The summed E-state index contributed by atoms with van der Waals surface area (Å²) in [6.07, 6.45) is -0.956. The molecule has 78 valence electrons. The summed E-state index contributed by atoms with van der Waals surface area (Å²) in [6.45, 7) is 8.45. The average Bonchev–Trinajstić information content (AvgIpc) is 2.00. The first kappa shape index (κ1) is 12.2. The topological polar surface area (TPSA) is 64.3 Å². The Hall–Kier alpha value is -0.770. The highest BCUT2D eigenvalue weighted by Gasteiger charge is 2.12. The number of ether oxygens (including phenoxy) is 1. The molecule has 1 unspecified atom stereocenters. The third kappa shape index (κ3) is 6.40. The van der Waals surface area contributed by atoms with Crippen molar-refractivity contribution in [3.63, 3.8) is 0 Å². The SMILES string of the molecule is CC(C)CNC(=O)OC(N)C(C)C. The lowest BCUT2D eigenvalue weighted by Crippen LogP contribution is -2.38. The molecule has 1 atom stereocenters. The third-order valence-corrected chi connectivity index (χ3v) is 1.55. The van der Waals surface area contributed by atoms with E-state index in [1.54, 1.807) is 0 Å². The van der Waals surface area contributed by atoms with E-state index in [4.69, 9.17) is 10.5 Å². The Balaban J connectivity index is 3.62. The number of nitrogens with one attached hydrogen (secondary N) is 1. The van der Waals surface area contributed by atoms with E-state index in [1.165, 1.54) is 0 Å². The molecule has 0 aromatic carbocycles. The van der Waals surface area contributed by atoms with Gasteiger partial charge in [0.2, 0.25) is 0 Å². The lowest BCUT2D eigenvalue weighted by Gasteiger charge is -2.17. The number of nitrogens with two attached hydrogens (primary N) is 1. The second-order valence-corrected chi connectivity index (χ2v) is 3.89. The maximum absolute atomic E-state index is 11.0. The van der Waals surface area contributed by atoms with Crippen LogP contribution in [-0.4, -0.2) is 18.9 Å². The molecule has 0 heterocycles. The van der Waals surface area contributed by atoms with E-state index in [9.17, 15) is 4.79 Å². The van der Waals surface area contributed by atoms with Gasteiger partial charge in [-0.2, -0.15) is 0 Å². The molecule has 4 nitrogen and oxygen atoms in total. The van der Waals surface area contributed by atoms with Gasteiger partial charge in [0.15, 0.2) is 6.23 Å². The summed E-state index contributed by atoms with van der Waals surface area (Å²) in [5.41, 5.74) is 5.54. The van der Waals surface area contributed by atoms with Crippen molar-refractivity contribution in [2.75, 3.05) is 6.54 Å². The van der Waals surface area contributed by atoms with Gasteiger partial charge in [0.25, 0.3) is 0 Å². The fourth-order valence-electron chi connectivity index (χ4n) is 0.589. The quantitative estimate of drug-likeness (QED) is 0.654. The van der Waals surface area contributed by atoms with Crippen LogP contribution in [0.1, 0.15) is 27.7 Å². The first-order valence-corrected chi connectivity index (χ1v) is 4.63. The average molecular weight is 188 g/mol. The molecule has 0 aliphatic rings. The minimum atomic E-state index is -0.521. The molecular weight excluding hydrogens is 168 g/mol. The number of hydrogen-bond acceptors (Lipinski definition) is 3. The molecule has 0 saturated carbocycles. The summed E-state index contributed by atoms with van der Waals surface area (Å²) < 4.78 is 4.89. The van der Waals surface area contributed by atoms with Crippen LogP contribution in [0.4, 0.5) is 4.79 Å². The summed E-state index contributed by atoms with van der Waals surface area (Å²) in [7, 11) is 0. The second kappa shape index (κ2) is 5.80. The number of amides is 1. The maximum atomic E-state index is 11.0. The summed E-state index contributed by atoms with van der Waals surface area (Å²) in [4.78, 5) is 11.0. The van der Waals surface area contributed by atoms with Crippen molar-refractivity contribution in [3.05, 3.63) is 0 Å².